The number of para-hydroxylation sites is 2. The predicted molar refractivity (Wildman–Crippen MR) is 123 cm³/mol. The summed E-state index contributed by atoms with van der Waals surface area (Å²) in [5, 5.41) is 6.75. The van der Waals surface area contributed by atoms with Crippen molar-refractivity contribution in [2.75, 3.05) is 13.7 Å². The molecule has 1 amide bonds. The van der Waals surface area contributed by atoms with Gasteiger partial charge in [0.25, 0.3) is 5.91 Å². The average Bonchev–Trinajstić information content (AvgIpc) is 2.83. The Hall–Kier alpha value is -4.00. The molecule has 0 aliphatic heterocycles. The summed E-state index contributed by atoms with van der Waals surface area (Å²) >= 11 is 0. The SMILES string of the molecule is COc1ccccc1C(C)NC(=O)CO/N=C(/N)c1ccccc1OCc1ccccc1. The minimum Gasteiger partial charge on any atom is -0.496 e. The zero-order chi connectivity index (χ0) is 22.8. The van der Waals surface area contributed by atoms with E-state index in [-0.39, 0.29) is 24.4 Å². The van der Waals surface area contributed by atoms with Crippen LogP contribution in [0.15, 0.2) is 84.0 Å². The van der Waals surface area contributed by atoms with Crippen LogP contribution in [0.2, 0.25) is 0 Å². The van der Waals surface area contributed by atoms with Gasteiger partial charge < -0.3 is 25.4 Å². The highest BCUT2D eigenvalue weighted by atomic mass is 16.6. The molecule has 3 N–H and O–H groups in total. The second kappa shape index (κ2) is 11.4. The van der Waals surface area contributed by atoms with E-state index in [4.69, 9.17) is 20.0 Å². The number of nitrogens with one attached hydrogen (secondary N) is 1. The Morgan fingerprint density at radius 3 is 2.38 bits per heavy atom. The number of hydrogen-bond acceptors (Lipinski definition) is 5. The normalized spacial score (nSPS) is 12.0. The first-order chi connectivity index (χ1) is 15.6. The summed E-state index contributed by atoms with van der Waals surface area (Å²) in [5.41, 5.74) is 8.58. The van der Waals surface area contributed by atoms with Crippen molar-refractivity contribution in [1.29, 1.82) is 0 Å². The molecule has 0 aliphatic rings. The molecule has 0 saturated heterocycles. The van der Waals surface area contributed by atoms with Crippen molar-refractivity contribution in [2.45, 2.75) is 19.6 Å². The number of rotatable bonds is 10. The maximum Gasteiger partial charge on any atom is 0.261 e. The molecule has 3 aromatic rings. The molecule has 0 saturated carbocycles. The fourth-order valence-corrected chi connectivity index (χ4v) is 3.13. The molecule has 1 unspecified atom stereocenters. The summed E-state index contributed by atoms with van der Waals surface area (Å²) in [4.78, 5) is 17.4. The second-order valence-electron chi connectivity index (χ2n) is 7.05. The minimum absolute atomic E-state index is 0.124. The summed E-state index contributed by atoms with van der Waals surface area (Å²) in [6.07, 6.45) is 0. The predicted octanol–water partition coefficient (Wildman–Crippen LogP) is 3.79. The zero-order valence-electron chi connectivity index (χ0n) is 18.2. The van der Waals surface area contributed by atoms with E-state index in [9.17, 15) is 4.79 Å². The quantitative estimate of drug-likeness (QED) is 0.288. The third-order valence-electron chi connectivity index (χ3n) is 4.74. The first kappa shape index (κ1) is 22.7. The summed E-state index contributed by atoms with van der Waals surface area (Å²) in [6, 6.07) is 24.3. The Balaban J connectivity index is 1.56. The summed E-state index contributed by atoms with van der Waals surface area (Å²) in [7, 11) is 1.59. The number of nitrogens with two attached hydrogens (primary N) is 1. The number of oxime groups is 1. The number of carbonyl (C=O) groups excluding carboxylic acids is 1. The summed E-state index contributed by atoms with van der Waals surface area (Å²) in [6.45, 7) is 2.00. The maximum atomic E-state index is 12.3. The molecular weight excluding hydrogens is 406 g/mol. The fraction of sp³-hybridized carbons (Fsp3) is 0.200. The van der Waals surface area contributed by atoms with Gasteiger partial charge in [0, 0.05) is 5.56 Å². The number of nitrogens with zero attached hydrogens (tertiary/aromatic N) is 1. The lowest BCUT2D eigenvalue weighted by molar-refractivity contribution is -0.126. The first-order valence-corrected chi connectivity index (χ1v) is 10.2. The van der Waals surface area contributed by atoms with Gasteiger partial charge in [0.05, 0.1) is 18.7 Å². The lowest BCUT2D eigenvalue weighted by Gasteiger charge is -2.16. The van der Waals surface area contributed by atoms with E-state index in [2.05, 4.69) is 10.5 Å². The zero-order valence-corrected chi connectivity index (χ0v) is 18.2. The number of ether oxygens (including phenoxy) is 2. The highest BCUT2D eigenvalue weighted by molar-refractivity contribution is 5.99. The van der Waals surface area contributed by atoms with Crippen LogP contribution in [0.5, 0.6) is 11.5 Å². The van der Waals surface area contributed by atoms with Crippen LogP contribution in [0.1, 0.15) is 29.7 Å². The van der Waals surface area contributed by atoms with Gasteiger partial charge in [-0.1, -0.05) is 65.8 Å². The van der Waals surface area contributed by atoms with Crippen molar-refractivity contribution in [2.24, 2.45) is 10.9 Å². The number of amides is 1. The summed E-state index contributed by atoms with van der Waals surface area (Å²) < 4.78 is 11.2. The third kappa shape index (κ3) is 6.25. The first-order valence-electron chi connectivity index (χ1n) is 10.2. The van der Waals surface area contributed by atoms with E-state index in [0.717, 1.165) is 11.1 Å². The molecule has 7 nitrogen and oxygen atoms in total. The van der Waals surface area contributed by atoms with E-state index < -0.39 is 0 Å². The van der Waals surface area contributed by atoms with E-state index >= 15 is 0 Å². The number of amidine groups is 1. The third-order valence-corrected chi connectivity index (χ3v) is 4.74. The van der Waals surface area contributed by atoms with Gasteiger partial charge in [-0.05, 0) is 30.7 Å². The molecule has 3 rings (SSSR count). The van der Waals surface area contributed by atoms with Crippen molar-refractivity contribution >= 4 is 11.7 Å². The Labute approximate surface area is 187 Å². The van der Waals surface area contributed by atoms with Crippen LogP contribution in [0.4, 0.5) is 0 Å². The van der Waals surface area contributed by atoms with Crippen molar-refractivity contribution in [3.8, 4) is 11.5 Å². The number of benzene rings is 3. The molecule has 0 radical (unpaired) electrons. The Morgan fingerprint density at radius 1 is 0.969 bits per heavy atom. The van der Waals surface area contributed by atoms with E-state index in [0.29, 0.717) is 23.7 Å². The lowest BCUT2D eigenvalue weighted by atomic mass is 10.1. The maximum absolute atomic E-state index is 12.3. The number of carbonyl (C=O) groups is 1. The van der Waals surface area contributed by atoms with E-state index in [1.165, 1.54) is 0 Å². The second-order valence-corrected chi connectivity index (χ2v) is 7.05. The van der Waals surface area contributed by atoms with Gasteiger partial charge >= 0.3 is 0 Å². The molecule has 32 heavy (non-hydrogen) atoms. The van der Waals surface area contributed by atoms with E-state index in [1.54, 1.807) is 13.2 Å². The molecule has 0 fully saturated rings. The smallest absolute Gasteiger partial charge is 0.261 e. The van der Waals surface area contributed by atoms with Crippen LogP contribution < -0.4 is 20.5 Å². The van der Waals surface area contributed by atoms with Gasteiger partial charge in [-0.2, -0.15) is 0 Å². The molecule has 0 heterocycles. The lowest BCUT2D eigenvalue weighted by Crippen LogP contribution is -2.30. The standard InChI is InChI=1S/C25H27N3O4/c1-18(20-12-6-8-14-22(20)30-2)27-24(29)17-32-28-25(26)21-13-7-9-15-23(21)31-16-19-10-4-3-5-11-19/h3-15,18H,16-17H2,1-2H3,(H2,26,28)(H,27,29). The van der Waals surface area contributed by atoms with Gasteiger partial charge in [-0.3, -0.25) is 4.79 Å². The molecule has 0 aliphatic carbocycles. The van der Waals surface area contributed by atoms with Gasteiger partial charge in [-0.25, -0.2) is 0 Å². The van der Waals surface area contributed by atoms with Gasteiger partial charge in [0.1, 0.15) is 18.1 Å². The Morgan fingerprint density at radius 2 is 1.62 bits per heavy atom. The fourth-order valence-electron chi connectivity index (χ4n) is 3.13. The van der Waals surface area contributed by atoms with Gasteiger partial charge in [-0.15, -0.1) is 0 Å². The molecule has 7 heteroatoms. The summed E-state index contributed by atoms with van der Waals surface area (Å²) in [5.74, 6) is 1.08. The average molecular weight is 434 g/mol. The van der Waals surface area contributed by atoms with Crippen LogP contribution in [-0.2, 0) is 16.2 Å². The van der Waals surface area contributed by atoms with Gasteiger partial charge in [0.2, 0.25) is 0 Å². The molecular formula is C25H27N3O4. The molecule has 166 valence electrons. The molecule has 1 atom stereocenters. The topological polar surface area (TPSA) is 95.2 Å². The molecule has 0 spiro atoms. The largest absolute Gasteiger partial charge is 0.496 e. The van der Waals surface area contributed by atoms with Crippen molar-refractivity contribution in [3.63, 3.8) is 0 Å². The number of methoxy groups -OCH3 is 1. The molecule has 0 bridgehead atoms. The van der Waals surface area contributed by atoms with Crippen LogP contribution in [0.3, 0.4) is 0 Å². The van der Waals surface area contributed by atoms with Crippen molar-refractivity contribution in [3.05, 3.63) is 95.6 Å². The highest BCUT2D eigenvalue weighted by Gasteiger charge is 2.14. The minimum atomic E-state index is -0.325. The Kier molecular flexibility index (Phi) is 8.09. The van der Waals surface area contributed by atoms with E-state index in [1.807, 2.05) is 79.7 Å². The van der Waals surface area contributed by atoms with Crippen LogP contribution in [0.25, 0.3) is 0 Å². The Bertz CT molecular complexity index is 1050. The van der Waals surface area contributed by atoms with Crippen molar-refractivity contribution < 1.29 is 19.1 Å². The highest BCUT2D eigenvalue weighted by Crippen LogP contribution is 2.24. The van der Waals surface area contributed by atoms with Crippen molar-refractivity contribution in [1.82, 2.24) is 5.32 Å². The van der Waals surface area contributed by atoms with Crippen LogP contribution in [0, 0.1) is 0 Å². The molecule has 0 aromatic heterocycles. The van der Waals surface area contributed by atoms with Crippen LogP contribution >= 0.6 is 0 Å². The molecule has 3 aromatic carbocycles. The number of hydrogen-bond donors (Lipinski definition) is 2. The monoisotopic (exact) mass is 433 g/mol. The van der Waals surface area contributed by atoms with Crippen LogP contribution in [-0.4, -0.2) is 25.5 Å². The van der Waals surface area contributed by atoms with Gasteiger partial charge in [0.15, 0.2) is 12.4 Å².